The molecule has 0 bridgehead atoms. The van der Waals surface area contributed by atoms with Gasteiger partial charge in [-0.15, -0.1) is 0 Å². The number of pyridine rings is 1. The number of urea groups is 1. The van der Waals surface area contributed by atoms with Crippen molar-refractivity contribution in [3.63, 3.8) is 0 Å². The van der Waals surface area contributed by atoms with Gasteiger partial charge in [-0.2, -0.15) is 0 Å². The lowest BCUT2D eigenvalue weighted by Gasteiger charge is -2.29. The van der Waals surface area contributed by atoms with Crippen LogP contribution in [-0.4, -0.2) is 22.8 Å². The first-order valence-electron chi connectivity index (χ1n) is 5.66. The Kier molecular flexibility index (Phi) is 2.04. The van der Waals surface area contributed by atoms with Crippen LogP contribution in [0.2, 0.25) is 0 Å². The summed E-state index contributed by atoms with van der Waals surface area (Å²) in [5.41, 5.74) is 0.226. The molecule has 0 unspecified atom stereocenters. The number of amides is 4. The third kappa shape index (κ3) is 1.35. The van der Waals surface area contributed by atoms with E-state index in [0.717, 1.165) is 10.5 Å². The van der Waals surface area contributed by atoms with Crippen molar-refractivity contribution in [1.82, 2.24) is 10.3 Å². The second kappa shape index (κ2) is 3.38. The van der Waals surface area contributed by atoms with E-state index in [-0.39, 0.29) is 0 Å². The molecule has 0 radical (unpaired) electrons. The summed E-state index contributed by atoms with van der Waals surface area (Å²) in [4.78, 5) is 40.7. The Balaban J connectivity index is 2.03. The van der Waals surface area contributed by atoms with E-state index < -0.39 is 23.3 Å². The predicted octanol–water partition coefficient (Wildman–Crippen LogP) is 0.753. The second-order valence-corrected chi connectivity index (χ2v) is 4.70. The quantitative estimate of drug-likeness (QED) is 0.740. The van der Waals surface area contributed by atoms with Crippen molar-refractivity contribution in [2.75, 3.05) is 4.90 Å². The second-order valence-electron chi connectivity index (χ2n) is 4.70. The first kappa shape index (κ1) is 10.9. The zero-order valence-corrected chi connectivity index (χ0v) is 9.77. The molecule has 1 saturated heterocycles. The lowest BCUT2D eigenvalue weighted by Crippen LogP contribution is -2.59. The van der Waals surface area contributed by atoms with Crippen molar-refractivity contribution in [3.8, 4) is 0 Å². The average molecular weight is 245 g/mol. The topological polar surface area (TPSA) is 79.4 Å². The summed E-state index contributed by atoms with van der Waals surface area (Å²) in [5, 5.41) is 2.23. The molecule has 1 saturated carbocycles. The number of rotatable bonds is 1. The number of barbiturate groups is 1. The third-order valence-electron chi connectivity index (χ3n) is 3.34. The van der Waals surface area contributed by atoms with E-state index in [0.29, 0.717) is 18.5 Å². The van der Waals surface area contributed by atoms with E-state index in [1.807, 2.05) is 6.92 Å². The highest BCUT2D eigenvalue weighted by atomic mass is 16.2. The number of nitrogens with one attached hydrogen (secondary N) is 1. The maximum atomic E-state index is 12.3. The van der Waals surface area contributed by atoms with Crippen LogP contribution >= 0.6 is 0 Å². The Bertz CT molecular complexity index is 578. The number of hydrogen-bond acceptors (Lipinski definition) is 4. The van der Waals surface area contributed by atoms with Gasteiger partial charge in [-0.3, -0.25) is 19.9 Å². The van der Waals surface area contributed by atoms with E-state index >= 15 is 0 Å². The number of anilines is 1. The molecule has 92 valence electrons. The zero-order chi connectivity index (χ0) is 12.9. The largest absolute Gasteiger partial charge is 0.335 e. The molecule has 1 aliphatic heterocycles. The molecular weight excluding hydrogens is 234 g/mol. The molecule has 1 N–H and O–H groups in total. The van der Waals surface area contributed by atoms with E-state index in [1.54, 1.807) is 12.3 Å². The first-order chi connectivity index (χ1) is 8.54. The smallest absolute Gasteiger partial charge is 0.276 e. The van der Waals surface area contributed by atoms with Gasteiger partial charge in [0.2, 0.25) is 5.91 Å². The van der Waals surface area contributed by atoms with Gasteiger partial charge in [-0.1, -0.05) is 0 Å². The summed E-state index contributed by atoms with van der Waals surface area (Å²) < 4.78 is 0. The molecule has 1 aromatic heterocycles. The Hall–Kier alpha value is -2.24. The van der Waals surface area contributed by atoms with Crippen LogP contribution in [0.4, 0.5) is 10.5 Å². The van der Waals surface area contributed by atoms with Crippen LogP contribution < -0.4 is 10.2 Å². The predicted molar refractivity (Wildman–Crippen MR) is 61.7 cm³/mol. The molecule has 1 aliphatic carbocycles. The fourth-order valence-electron chi connectivity index (χ4n) is 2.14. The molecule has 0 atom stereocenters. The van der Waals surface area contributed by atoms with E-state index in [9.17, 15) is 14.4 Å². The van der Waals surface area contributed by atoms with Crippen molar-refractivity contribution >= 4 is 23.5 Å². The number of imide groups is 2. The minimum Gasteiger partial charge on any atom is -0.276 e. The molecule has 2 heterocycles. The lowest BCUT2D eigenvalue weighted by atomic mass is 10.0. The summed E-state index contributed by atoms with van der Waals surface area (Å²) in [5.74, 6) is -0.919. The molecule has 18 heavy (non-hydrogen) atoms. The summed E-state index contributed by atoms with van der Waals surface area (Å²) in [7, 11) is 0. The lowest BCUT2D eigenvalue weighted by molar-refractivity contribution is -0.136. The fraction of sp³-hybridized carbons (Fsp3) is 0.333. The van der Waals surface area contributed by atoms with Gasteiger partial charge in [0.1, 0.15) is 5.41 Å². The Labute approximate surface area is 103 Å². The van der Waals surface area contributed by atoms with E-state index in [2.05, 4.69) is 10.3 Å². The molecule has 0 aromatic carbocycles. The number of carbonyl (C=O) groups is 3. The molecule has 1 spiro atoms. The van der Waals surface area contributed by atoms with Crippen molar-refractivity contribution in [3.05, 3.63) is 24.0 Å². The van der Waals surface area contributed by atoms with Crippen LogP contribution in [-0.2, 0) is 9.59 Å². The van der Waals surface area contributed by atoms with Gasteiger partial charge in [-0.05, 0) is 31.4 Å². The summed E-state index contributed by atoms with van der Waals surface area (Å²) in [6.45, 7) is 1.82. The molecule has 2 fully saturated rings. The maximum absolute atomic E-state index is 12.3. The van der Waals surface area contributed by atoms with Gasteiger partial charge >= 0.3 is 6.03 Å². The van der Waals surface area contributed by atoms with Gasteiger partial charge in [0.05, 0.1) is 11.9 Å². The number of hydrogen-bond donors (Lipinski definition) is 1. The van der Waals surface area contributed by atoms with Gasteiger partial charge in [-0.25, -0.2) is 9.69 Å². The van der Waals surface area contributed by atoms with Gasteiger partial charge < -0.3 is 0 Å². The molecule has 1 aromatic rings. The highest BCUT2D eigenvalue weighted by Crippen LogP contribution is 2.49. The molecule has 6 heteroatoms. The molecular formula is C12H11N3O3. The van der Waals surface area contributed by atoms with Crippen molar-refractivity contribution in [1.29, 1.82) is 0 Å². The van der Waals surface area contributed by atoms with Crippen LogP contribution in [0.3, 0.4) is 0 Å². The number of carbonyl (C=O) groups excluding carboxylic acids is 3. The SMILES string of the molecule is Cc1cncc(N2C(=O)NC(=O)C3(CC3)C2=O)c1. The van der Waals surface area contributed by atoms with E-state index in [1.165, 1.54) is 6.20 Å². The molecule has 4 amide bonds. The van der Waals surface area contributed by atoms with Gasteiger partial charge in [0.25, 0.3) is 5.91 Å². The molecule has 2 aliphatic rings. The minimum atomic E-state index is -1.02. The zero-order valence-electron chi connectivity index (χ0n) is 9.77. The Morgan fingerprint density at radius 3 is 2.61 bits per heavy atom. The molecule has 6 nitrogen and oxygen atoms in total. The normalized spacial score (nSPS) is 21.2. The van der Waals surface area contributed by atoms with Crippen molar-refractivity contribution in [2.24, 2.45) is 5.41 Å². The van der Waals surface area contributed by atoms with E-state index in [4.69, 9.17) is 0 Å². The Morgan fingerprint density at radius 1 is 1.28 bits per heavy atom. The number of aromatic nitrogens is 1. The first-order valence-corrected chi connectivity index (χ1v) is 5.66. The summed E-state index contributed by atoms with van der Waals surface area (Å²) in [6.07, 6.45) is 4.08. The summed E-state index contributed by atoms with van der Waals surface area (Å²) >= 11 is 0. The third-order valence-corrected chi connectivity index (χ3v) is 3.34. The summed E-state index contributed by atoms with van der Waals surface area (Å²) in [6, 6.07) is 0.992. The Morgan fingerprint density at radius 2 is 2.00 bits per heavy atom. The number of nitrogens with zero attached hydrogens (tertiary/aromatic N) is 2. The highest BCUT2D eigenvalue weighted by molar-refractivity contribution is 6.31. The van der Waals surface area contributed by atoms with Crippen molar-refractivity contribution < 1.29 is 14.4 Å². The molecule has 3 rings (SSSR count). The van der Waals surface area contributed by atoms with Crippen LogP contribution in [0, 0.1) is 12.3 Å². The van der Waals surface area contributed by atoms with Gasteiger partial charge in [0.15, 0.2) is 0 Å². The standard InChI is InChI=1S/C12H11N3O3/c1-7-4-8(6-13-5-7)15-10(17)12(2-3-12)9(16)14-11(15)18/h4-6H,2-3H2,1H3,(H,14,16,18). The van der Waals surface area contributed by atoms with Crippen LogP contribution in [0.25, 0.3) is 0 Å². The van der Waals surface area contributed by atoms with Crippen LogP contribution in [0.1, 0.15) is 18.4 Å². The van der Waals surface area contributed by atoms with Crippen LogP contribution in [0.15, 0.2) is 18.5 Å². The maximum Gasteiger partial charge on any atom is 0.335 e. The van der Waals surface area contributed by atoms with Crippen LogP contribution in [0.5, 0.6) is 0 Å². The fourth-order valence-corrected chi connectivity index (χ4v) is 2.14. The minimum absolute atomic E-state index is 0.399. The highest BCUT2D eigenvalue weighted by Gasteiger charge is 2.62. The monoisotopic (exact) mass is 245 g/mol. The average Bonchev–Trinajstić information content (AvgIpc) is 3.08. The van der Waals surface area contributed by atoms with Crippen molar-refractivity contribution in [2.45, 2.75) is 19.8 Å². The number of aryl methyl sites for hydroxylation is 1. The van der Waals surface area contributed by atoms with Gasteiger partial charge in [0, 0.05) is 6.20 Å².